The molecule has 88 valence electrons. The Bertz CT molecular complexity index is 316. The lowest BCUT2D eigenvalue weighted by atomic mass is 10.0. The summed E-state index contributed by atoms with van der Waals surface area (Å²) in [6, 6.07) is 3.49. The van der Waals surface area contributed by atoms with Crippen molar-refractivity contribution in [3.8, 4) is 0 Å². The minimum atomic E-state index is 0.589. The van der Waals surface area contributed by atoms with Crippen LogP contribution >= 0.6 is 0 Å². The average Bonchev–Trinajstić information content (AvgIpc) is 3.01. The van der Waals surface area contributed by atoms with Gasteiger partial charge in [-0.25, -0.2) is 0 Å². The Labute approximate surface area is 96.4 Å². The number of hydrogen-bond acceptors (Lipinski definition) is 3. The van der Waals surface area contributed by atoms with Crippen molar-refractivity contribution in [3.63, 3.8) is 0 Å². The fourth-order valence-electron chi connectivity index (χ4n) is 3.15. The predicted octanol–water partition coefficient (Wildman–Crippen LogP) is 1.30. The van der Waals surface area contributed by atoms with Crippen LogP contribution in [-0.2, 0) is 0 Å². The Hall–Kier alpha value is -0.870. The van der Waals surface area contributed by atoms with Crippen molar-refractivity contribution in [2.45, 2.75) is 37.8 Å². The number of piperidine rings is 1. The smallest absolute Gasteiger partial charge is 0.0523 e. The molecule has 0 bridgehead atoms. The van der Waals surface area contributed by atoms with Gasteiger partial charge in [-0.3, -0.25) is 10.00 Å². The summed E-state index contributed by atoms with van der Waals surface area (Å²) < 4.78 is 0. The SMILES string of the molecule is c1cc(C2CCCN2C2CCNCC2)[nH]n1. The number of H-pyrrole nitrogens is 1. The van der Waals surface area contributed by atoms with Gasteiger partial charge in [-0.05, 0) is 51.4 Å². The molecule has 2 N–H and O–H groups in total. The molecule has 2 fully saturated rings. The van der Waals surface area contributed by atoms with Gasteiger partial charge in [-0.15, -0.1) is 0 Å². The molecule has 1 aromatic rings. The summed E-state index contributed by atoms with van der Waals surface area (Å²) in [4.78, 5) is 2.69. The van der Waals surface area contributed by atoms with E-state index in [4.69, 9.17) is 0 Å². The van der Waals surface area contributed by atoms with E-state index in [1.54, 1.807) is 0 Å². The van der Waals surface area contributed by atoms with Gasteiger partial charge in [0.2, 0.25) is 0 Å². The molecule has 0 spiro atoms. The third-order valence-electron chi connectivity index (χ3n) is 3.95. The molecule has 3 heterocycles. The first-order valence-electron chi connectivity index (χ1n) is 6.41. The summed E-state index contributed by atoms with van der Waals surface area (Å²) in [6.45, 7) is 3.61. The third-order valence-corrected chi connectivity index (χ3v) is 3.95. The maximum absolute atomic E-state index is 4.08. The van der Waals surface area contributed by atoms with E-state index < -0.39 is 0 Å². The Morgan fingerprint density at radius 3 is 2.88 bits per heavy atom. The predicted molar refractivity (Wildman–Crippen MR) is 63.2 cm³/mol. The Balaban J connectivity index is 1.73. The second kappa shape index (κ2) is 4.55. The number of rotatable bonds is 2. The van der Waals surface area contributed by atoms with Crippen LogP contribution in [0.2, 0.25) is 0 Å². The van der Waals surface area contributed by atoms with Crippen molar-refractivity contribution in [2.24, 2.45) is 0 Å². The van der Waals surface area contributed by atoms with E-state index in [2.05, 4.69) is 26.5 Å². The summed E-state index contributed by atoms with van der Waals surface area (Å²) in [7, 11) is 0. The Kier molecular flexibility index (Phi) is 2.93. The number of aromatic nitrogens is 2. The first-order valence-corrected chi connectivity index (χ1v) is 6.41. The monoisotopic (exact) mass is 220 g/mol. The summed E-state index contributed by atoms with van der Waals surface area (Å²) in [5, 5.41) is 10.7. The fourth-order valence-corrected chi connectivity index (χ4v) is 3.15. The van der Waals surface area contributed by atoms with Gasteiger partial charge in [0, 0.05) is 12.2 Å². The highest BCUT2D eigenvalue weighted by atomic mass is 15.2. The zero-order valence-corrected chi connectivity index (χ0v) is 9.65. The molecule has 16 heavy (non-hydrogen) atoms. The van der Waals surface area contributed by atoms with Crippen LogP contribution in [0.25, 0.3) is 0 Å². The standard InChI is InChI=1S/C12H20N4/c1-2-12(11-5-8-14-15-11)16(9-1)10-3-6-13-7-4-10/h5,8,10,12-13H,1-4,6-7,9H2,(H,14,15). The van der Waals surface area contributed by atoms with Crippen molar-refractivity contribution >= 4 is 0 Å². The van der Waals surface area contributed by atoms with E-state index in [0.717, 1.165) is 6.04 Å². The third kappa shape index (κ3) is 1.87. The van der Waals surface area contributed by atoms with Crippen molar-refractivity contribution in [2.75, 3.05) is 19.6 Å². The molecule has 3 rings (SSSR count). The highest BCUT2D eigenvalue weighted by Gasteiger charge is 2.32. The normalized spacial score (nSPS) is 28.6. The fraction of sp³-hybridized carbons (Fsp3) is 0.750. The van der Waals surface area contributed by atoms with Crippen LogP contribution in [-0.4, -0.2) is 40.8 Å². The lowest BCUT2D eigenvalue weighted by Gasteiger charge is -2.35. The van der Waals surface area contributed by atoms with Crippen molar-refractivity contribution in [1.82, 2.24) is 20.4 Å². The minimum absolute atomic E-state index is 0.589. The van der Waals surface area contributed by atoms with E-state index in [0.29, 0.717) is 6.04 Å². The first kappa shape index (κ1) is 10.3. The molecule has 2 aliphatic heterocycles. The summed E-state index contributed by atoms with van der Waals surface area (Å²) in [6.07, 6.45) is 7.07. The van der Waals surface area contributed by atoms with Crippen molar-refractivity contribution in [1.29, 1.82) is 0 Å². The molecule has 0 saturated carbocycles. The zero-order valence-electron chi connectivity index (χ0n) is 9.65. The van der Waals surface area contributed by atoms with Crippen LogP contribution in [0.15, 0.2) is 12.3 Å². The van der Waals surface area contributed by atoms with Crippen LogP contribution < -0.4 is 5.32 Å². The number of nitrogens with one attached hydrogen (secondary N) is 2. The lowest BCUT2D eigenvalue weighted by Crippen LogP contribution is -2.42. The van der Waals surface area contributed by atoms with Gasteiger partial charge in [-0.2, -0.15) is 5.10 Å². The van der Waals surface area contributed by atoms with Crippen molar-refractivity contribution in [3.05, 3.63) is 18.0 Å². The van der Waals surface area contributed by atoms with Gasteiger partial charge in [0.15, 0.2) is 0 Å². The average molecular weight is 220 g/mol. The maximum Gasteiger partial charge on any atom is 0.0523 e. The van der Waals surface area contributed by atoms with Crippen LogP contribution in [0.1, 0.15) is 37.4 Å². The van der Waals surface area contributed by atoms with Gasteiger partial charge >= 0.3 is 0 Å². The van der Waals surface area contributed by atoms with E-state index in [1.807, 2.05) is 6.20 Å². The second-order valence-electron chi connectivity index (χ2n) is 4.89. The molecule has 0 aliphatic carbocycles. The van der Waals surface area contributed by atoms with E-state index in [-0.39, 0.29) is 0 Å². The summed E-state index contributed by atoms with van der Waals surface area (Å²) >= 11 is 0. The number of likely N-dealkylation sites (tertiary alicyclic amines) is 1. The van der Waals surface area contributed by atoms with Gasteiger partial charge in [-0.1, -0.05) is 0 Å². The largest absolute Gasteiger partial charge is 0.317 e. The molecular formula is C12H20N4. The van der Waals surface area contributed by atoms with Crippen molar-refractivity contribution < 1.29 is 0 Å². The summed E-state index contributed by atoms with van der Waals surface area (Å²) in [5.74, 6) is 0. The summed E-state index contributed by atoms with van der Waals surface area (Å²) in [5.41, 5.74) is 1.30. The van der Waals surface area contributed by atoms with E-state index >= 15 is 0 Å². The van der Waals surface area contributed by atoms with E-state index in [9.17, 15) is 0 Å². The van der Waals surface area contributed by atoms with Gasteiger partial charge in [0.1, 0.15) is 0 Å². The molecule has 2 saturated heterocycles. The molecule has 0 radical (unpaired) electrons. The number of aromatic amines is 1. The van der Waals surface area contributed by atoms with Crippen LogP contribution in [0.4, 0.5) is 0 Å². The van der Waals surface area contributed by atoms with Crippen LogP contribution in [0.5, 0.6) is 0 Å². The topological polar surface area (TPSA) is 44.0 Å². The molecule has 4 nitrogen and oxygen atoms in total. The molecule has 0 amide bonds. The molecule has 1 aromatic heterocycles. The zero-order chi connectivity index (χ0) is 10.8. The molecular weight excluding hydrogens is 200 g/mol. The molecule has 2 aliphatic rings. The Morgan fingerprint density at radius 1 is 1.25 bits per heavy atom. The highest BCUT2D eigenvalue weighted by molar-refractivity contribution is 5.08. The lowest BCUT2D eigenvalue weighted by molar-refractivity contribution is 0.146. The van der Waals surface area contributed by atoms with Gasteiger partial charge < -0.3 is 5.32 Å². The van der Waals surface area contributed by atoms with E-state index in [1.165, 1.54) is 51.0 Å². The Morgan fingerprint density at radius 2 is 2.12 bits per heavy atom. The van der Waals surface area contributed by atoms with Crippen LogP contribution in [0.3, 0.4) is 0 Å². The van der Waals surface area contributed by atoms with Gasteiger partial charge in [0.25, 0.3) is 0 Å². The molecule has 0 aromatic carbocycles. The highest BCUT2D eigenvalue weighted by Crippen LogP contribution is 2.34. The quantitative estimate of drug-likeness (QED) is 0.789. The van der Waals surface area contributed by atoms with Gasteiger partial charge in [0.05, 0.1) is 11.7 Å². The molecule has 1 unspecified atom stereocenters. The minimum Gasteiger partial charge on any atom is -0.317 e. The second-order valence-corrected chi connectivity index (χ2v) is 4.89. The molecule has 1 atom stereocenters. The molecule has 4 heteroatoms. The first-order chi connectivity index (χ1) is 7.95. The maximum atomic E-state index is 4.08. The number of hydrogen-bond donors (Lipinski definition) is 2. The van der Waals surface area contributed by atoms with Crippen LogP contribution in [0, 0.1) is 0 Å². The number of nitrogens with zero attached hydrogens (tertiary/aromatic N) is 2.